The number of carbonyl (C=O) groups is 2. The number of hydrogen-bond acceptors (Lipinski definition) is 4. The molecular formula is C15H26N2O4. The maximum Gasteiger partial charge on any atom is 0.407 e. The summed E-state index contributed by atoms with van der Waals surface area (Å²) in [5, 5.41) is 11.8. The highest BCUT2D eigenvalue weighted by atomic mass is 16.5. The predicted molar refractivity (Wildman–Crippen MR) is 78.1 cm³/mol. The Morgan fingerprint density at radius 2 is 2.05 bits per heavy atom. The van der Waals surface area contributed by atoms with Gasteiger partial charge in [0.1, 0.15) is 0 Å². The number of hydrogen-bond donors (Lipinski definition) is 2. The van der Waals surface area contributed by atoms with Crippen molar-refractivity contribution < 1.29 is 19.4 Å². The smallest absolute Gasteiger partial charge is 0.407 e. The molecule has 6 heteroatoms. The first-order valence-electron chi connectivity index (χ1n) is 7.94. The number of nitrogens with one attached hydrogen (secondary N) is 1. The van der Waals surface area contributed by atoms with Crippen LogP contribution in [0.25, 0.3) is 0 Å². The second-order valence-corrected chi connectivity index (χ2v) is 6.26. The second kappa shape index (κ2) is 7.64. The SMILES string of the molecule is CCOC(=O)NC1CC(CCC(=O)O)CN(CC2CC2)C1. The first-order chi connectivity index (χ1) is 10.1. The van der Waals surface area contributed by atoms with Crippen LogP contribution < -0.4 is 5.32 Å². The van der Waals surface area contributed by atoms with Crippen LogP contribution in [0.5, 0.6) is 0 Å². The molecule has 1 amide bonds. The van der Waals surface area contributed by atoms with Crippen LogP contribution in [0.2, 0.25) is 0 Å². The Morgan fingerprint density at radius 1 is 1.29 bits per heavy atom. The van der Waals surface area contributed by atoms with Gasteiger partial charge in [-0.2, -0.15) is 0 Å². The number of nitrogens with zero attached hydrogens (tertiary/aromatic N) is 1. The van der Waals surface area contributed by atoms with Crippen LogP contribution >= 0.6 is 0 Å². The van der Waals surface area contributed by atoms with Gasteiger partial charge in [-0.15, -0.1) is 0 Å². The number of aliphatic carboxylic acids is 1. The third kappa shape index (κ3) is 5.91. The van der Waals surface area contributed by atoms with Gasteiger partial charge < -0.3 is 20.1 Å². The van der Waals surface area contributed by atoms with Gasteiger partial charge in [0.2, 0.25) is 0 Å². The predicted octanol–water partition coefficient (Wildman–Crippen LogP) is 1.70. The van der Waals surface area contributed by atoms with E-state index < -0.39 is 5.97 Å². The molecule has 0 bridgehead atoms. The number of carboxylic acids is 1. The molecule has 0 aromatic carbocycles. The van der Waals surface area contributed by atoms with Crippen LogP contribution in [0.1, 0.15) is 39.0 Å². The Labute approximate surface area is 125 Å². The van der Waals surface area contributed by atoms with E-state index in [1.807, 2.05) is 0 Å². The van der Waals surface area contributed by atoms with E-state index in [0.717, 1.165) is 32.0 Å². The molecule has 120 valence electrons. The number of carbonyl (C=O) groups excluding carboxylic acids is 1. The number of rotatable bonds is 7. The molecule has 21 heavy (non-hydrogen) atoms. The summed E-state index contributed by atoms with van der Waals surface area (Å²) in [7, 11) is 0. The molecule has 0 aromatic rings. The molecule has 2 atom stereocenters. The van der Waals surface area contributed by atoms with Crippen molar-refractivity contribution in [1.29, 1.82) is 0 Å². The number of ether oxygens (including phenoxy) is 1. The Bertz CT molecular complexity index is 371. The minimum absolute atomic E-state index is 0.0651. The first-order valence-corrected chi connectivity index (χ1v) is 7.94. The molecule has 6 nitrogen and oxygen atoms in total. The zero-order valence-electron chi connectivity index (χ0n) is 12.7. The summed E-state index contributed by atoms with van der Waals surface area (Å²) in [6, 6.07) is 0.0651. The quantitative estimate of drug-likeness (QED) is 0.748. The van der Waals surface area contributed by atoms with Crippen molar-refractivity contribution >= 4 is 12.1 Å². The lowest BCUT2D eigenvalue weighted by Gasteiger charge is -2.38. The molecule has 0 aromatic heterocycles. The van der Waals surface area contributed by atoms with E-state index in [1.165, 1.54) is 12.8 Å². The van der Waals surface area contributed by atoms with Crippen LogP contribution in [-0.2, 0) is 9.53 Å². The zero-order valence-corrected chi connectivity index (χ0v) is 12.7. The van der Waals surface area contributed by atoms with Crippen LogP contribution in [0, 0.1) is 11.8 Å². The average Bonchev–Trinajstić information content (AvgIpc) is 3.20. The van der Waals surface area contributed by atoms with Gasteiger partial charge >= 0.3 is 12.1 Å². The molecule has 0 spiro atoms. The van der Waals surface area contributed by atoms with Crippen LogP contribution in [0.3, 0.4) is 0 Å². The molecule has 1 aliphatic heterocycles. The molecule has 1 aliphatic carbocycles. The molecule has 2 fully saturated rings. The van der Waals surface area contributed by atoms with Gasteiger partial charge in [0.05, 0.1) is 6.61 Å². The molecule has 0 radical (unpaired) electrons. The van der Waals surface area contributed by atoms with Gasteiger partial charge in [0.15, 0.2) is 0 Å². The Balaban J connectivity index is 1.85. The fourth-order valence-corrected chi connectivity index (χ4v) is 3.10. The summed E-state index contributed by atoms with van der Waals surface area (Å²) in [5.41, 5.74) is 0. The summed E-state index contributed by atoms with van der Waals surface area (Å²) in [6.45, 7) is 5.02. The lowest BCUT2D eigenvalue weighted by molar-refractivity contribution is -0.137. The van der Waals surface area contributed by atoms with Crippen LogP contribution in [0.4, 0.5) is 4.79 Å². The first kappa shape index (κ1) is 16.1. The number of alkyl carbamates (subject to hydrolysis) is 1. The van der Waals surface area contributed by atoms with Crippen molar-refractivity contribution in [2.45, 2.75) is 45.1 Å². The highest BCUT2D eigenvalue weighted by Crippen LogP contribution is 2.32. The van der Waals surface area contributed by atoms with Gasteiger partial charge in [-0.3, -0.25) is 4.79 Å². The summed E-state index contributed by atoms with van der Waals surface area (Å²) in [6.07, 6.45) is 3.95. The third-order valence-electron chi connectivity index (χ3n) is 4.19. The molecule has 1 saturated heterocycles. The highest BCUT2D eigenvalue weighted by molar-refractivity contribution is 5.67. The van der Waals surface area contributed by atoms with Gasteiger partial charge in [-0.05, 0) is 44.4 Å². The molecule has 2 rings (SSSR count). The van der Waals surface area contributed by atoms with Crippen molar-refractivity contribution in [3.8, 4) is 0 Å². The summed E-state index contributed by atoms with van der Waals surface area (Å²) >= 11 is 0. The number of carboxylic acid groups (broad SMARTS) is 1. The zero-order chi connectivity index (χ0) is 15.2. The van der Waals surface area contributed by atoms with Gasteiger partial charge in [-0.1, -0.05) is 0 Å². The fourth-order valence-electron chi connectivity index (χ4n) is 3.10. The van der Waals surface area contributed by atoms with E-state index in [2.05, 4.69) is 10.2 Å². The fraction of sp³-hybridized carbons (Fsp3) is 0.867. The highest BCUT2D eigenvalue weighted by Gasteiger charge is 2.32. The van der Waals surface area contributed by atoms with Crippen molar-refractivity contribution in [3.63, 3.8) is 0 Å². The largest absolute Gasteiger partial charge is 0.481 e. The Morgan fingerprint density at radius 3 is 2.67 bits per heavy atom. The topological polar surface area (TPSA) is 78.9 Å². The number of likely N-dealkylation sites (tertiary alicyclic amines) is 1. The van der Waals surface area contributed by atoms with Crippen molar-refractivity contribution in [2.24, 2.45) is 11.8 Å². The second-order valence-electron chi connectivity index (χ2n) is 6.26. The summed E-state index contributed by atoms with van der Waals surface area (Å²) < 4.78 is 4.94. The maximum atomic E-state index is 11.6. The van der Waals surface area contributed by atoms with E-state index >= 15 is 0 Å². The lowest BCUT2D eigenvalue weighted by Crippen LogP contribution is -2.51. The van der Waals surface area contributed by atoms with Crippen molar-refractivity contribution in [1.82, 2.24) is 10.2 Å². The van der Waals surface area contributed by atoms with Crippen LogP contribution in [-0.4, -0.2) is 54.4 Å². The average molecular weight is 298 g/mol. The van der Waals surface area contributed by atoms with Gasteiger partial charge in [-0.25, -0.2) is 4.79 Å². The van der Waals surface area contributed by atoms with Crippen molar-refractivity contribution in [3.05, 3.63) is 0 Å². The van der Waals surface area contributed by atoms with Gasteiger partial charge in [0.25, 0.3) is 0 Å². The summed E-state index contributed by atoms with van der Waals surface area (Å²) in [4.78, 5) is 24.7. The lowest BCUT2D eigenvalue weighted by atomic mass is 9.90. The Hall–Kier alpha value is -1.30. The van der Waals surface area contributed by atoms with Crippen LogP contribution in [0.15, 0.2) is 0 Å². The monoisotopic (exact) mass is 298 g/mol. The van der Waals surface area contributed by atoms with Gasteiger partial charge in [0, 0.05) is 32.1 Å². The minimum atomic E-state index is -0.746. The van der Waals surface area contributed by atoms with E-state index in [9.17, 15) is 9.59 Å². The molecule has 1 saturated carbocycles. The summed E-state index contributed by atoms with van der Waals surface area (Å²) in [5.74, 6) is 0.385. The molecule has 2 aliphatic rings. The van der Waals surface area contributed by atoms with E-state index in [-0.39, 0.29) is 18.6 Å². The normalized spacial score (nSPS) is 26.3. The van der Waals surface area contributed by atoms with E-state index in [4.69, 9.17) is 9.84 Å². The van der Waals surface area contributed by atoms with E-state index in [1.54, 1.807) is 6.92 Å². The van der Waals surface area contributed by atoms with E-state index in [0.29, 0.717) is 18.9 Å². The Kier molecular flexibility index (Phi) is 5.85. The minimum Gasteiger partial charge on any atom is -0.481 e. The molecule has 2 N–H and O–H groups in total. The standard InChI is InChI=1S/C15H26N2O4/c1-2-21-15(20)16-13-7-12(5-6-14(18)19)9-17(10-13)8-11-3-4-11/h11-13H,2-10H2,1H3,(H,16,20)(H,18,19). The maximum absolute atomic E-state index is 11.6. The molecule has 1 heterocycles. The number of amides is 1. The molecule has 2 unspecified atom stereocenters. The van der Waals surface area contributed by atoms with Crippen molar-refractivity contribution in [2.75, 3.05) is 26.2 Å². The number of piperidine rings is 1. The molecular weight excluding hydrogens is 272 g/mol. The third-order valence-corrected chi connectivity index (χ3v) is 4.19.